The van der Waals surface area contributed by atoms with E-state index in [4.69, 9.17) is 14.2 Å². The summed E-state index contributed by atoms with van der Waals surface area (Å²) < 4.78 is 18.0. The Hall–Kier alpha value is -8.36. The van der Waals surface area contributed by atoms with Crippen molar-refractivity contribution in [2.45, 2.75) is 42.7 Å². The summed E-state index contributed by atoms with van der Waals surface area (Å²) in [5.41, 5.74) is 1.80. The normalized spacial score (nSPS) is 22.5. The number of nitrogens with one attached hydrogen (secondary N) is 1. The number of hydrogen-bond donors (Lipinski definition) is 3. The van der Waals surface area contributed by atoms with Crippen LogP contribution in [0.15, 0.2) is 152 Å². The number of carbonyl (C=O) groups is 4. The zero-order valence-corrected chi connectivity index (χ0v) is 38.1. The van der Waals surface area contributed by atoms with Crippen molar-refractivity contribution >= 4 is 46.6 Å². The number of amides is 3. The van der Waals surface area contributed by atoms with E-state index >= 15 is 14.4 Å². The molecule has 0 bridgehead atoms. The minimum Gasteiger partial charge on any atom is -0.508 e. The molecule has 4 heterocycles. The number of hydrogen-bond acceptors (Lipinski definition) is 13. The van der Waals surface area contributed by atoms with Crippen LogP contribution in [-0.4, -0.2) is 82.9 Å². The number of morpholine rings is 2. The average molecular weight is 954 g/mol. The molecule has 0 aliphatic carbocycles. The number of aromatic hydroxyl groups is 1. The number of ether oxygens (including phenoxy) is 3. The van der Waals surface area contributed by atoms with Crippen LogP contribution < -0.4 is 15.1 Å². The van der Waals surface area contributed by atoms with Crippen molar-refractivity contribution in [3.63, 3.8) is 0 Å². The van der Waals surface area contributed by atoms with E-state index in [-0.39, 0.29) is 42.3 Å². The minimum absolute atomic E-state index is 0.0666. The van der Waals surface area contributed by atoms with Crippen molar-refractivity contribution in [1.82, 2.24) is 4.90 Å². The lowest BCUT2D eigenvalue weighted by molar-refractivity contribution is -0.384. The summed E-state index contributed by atoms with van der Waals surface area (Å²) in [5, 5.41) is 34.9. The molecule has 6 unspecified atom stereocenters. The highest BCUT2D eigenvalue weighted by Gasteiger charge is 2.75. The Balaban J connectivity index is 1.20. The number of rotatable bonds is 10. The number of aliphatic hydroxyl groups is 1. The predicted molar refractivity (Wildman–Crippen MR) is 260 cm³/mol. The second-order valence-electron chi connectivity index (χ2n) is 17.6. The molecule has 3 N–H and O–H groups in total. The highest BCUT2D eigenvalue weighted by molar-refractivity contribution is 6.24. The molecule has 6 aromatic rings. The summed E-state index contributed by atoms with van der Waals surface area (Å²) in [6.07, 6.45) is -1.94. The van der Waals surface area contributed by atoms with Crippen LogP contribution in [0.25, 0.3) is 0 Å². The van der Waals surface area contributed by atoms with Gasteiger partial charge in [0.25, 0.3) is 5.69 Å². The summed E-state index contributed by atoms with van der Waals surface area (Å²) in [7, 11) is 0. The Kier molecular flexibility index (Phi) is 12.8. The largest absolute Gasteiger partial charge is 0.508 e. The fraction of sp³-hybridized carbons (Fsp3) is 0.236. The molecular weight excluding hydrogens is 907 g/mol. The molecule has 0 aromatic heterocycles. The second kappa shape index (κ2) is 19.6. The number of esters is 1. The van der Waals surface area contributed by atoms with Gasteiger partial charge in [0.15, 0.2) is 0 Å². The summed E-state index contributed by atoms with van der Waals surface area (Å²) in [4.78, 5) is 78.3. The first-order valence-electron chi connectivity index (χ1n) is 23.2. The van der Waals surface area contributed by atoms with Crippen LogP contribution in [0.4, 0.5) is 27.5 Å². The molecular formula is C55H47N5O11. The van der Waals surface area contributed by atoms with E-state index in [1.807, 2.05) is 77.7 Å². The highest BCUT2D eigenvalue weighted by Crippen LogP contribution is 2.66. The monoisotopic (exact) mass is 953 g/mol. The van der Waals surface area contributed by atoms with Gasteiger partial charge in [-0.05, 0) is 94.5 Å². The predicted octanol–water partition coefficient (Wildman–Crippen LogP) is 7.51. The lowest BCUT2D eigenvalue weighted by Crippen LogP contribution is -2.54. The van der Waals surface area contributed by atoms with Gasteiger partial charge < -0.3 is 34.6 Å². The van der Waals surface area contributed by atoms with Crippen LogP contribution in [-0.2, 0) is 40.6 Å². The van der Waals surface area contributed by atoms with Crippen LogP contribution in [0.2, 0.25) is 0 Å². The molecule has 0 saturated carbocycles. The van der Waals surface area contributed by atoms with Gasteiger partial charge in [0, 0.05) is 48.6 Å². The number of nitro groups is 1. The topological polar surface area (TPSA) is 201 Å². The quantitative estimate of drug-likeness (QED) is 0.0528. The van der Waals surface area contributed by atoms with Crippen LogP contribution >= 0.6 is 0 Å². The third kappa shape index (κ3) is 8.50. The summed E-state index contributed by atoms with van der Waals surface area (Å²) in [6.45, 7) is 1.91. The molecule has 3 saturated heterocycles. The average Bonchev–Trinajstić information content (AvgIpc) is 3.85. The number of phenols is 1. The number of carbonyl (C=O) groups excluding carboxylic acids is 4. The van der Waals surface area contributed by atoms with E-state index in [2.05, 4.69) is 22.1 Å². The number of anilines is 3. The number of nitrogens with zero attached hydrogens (tertiary/aromatic N) is 4. The minimum atomic E-state index is -2.15. The summed E-state index contributed by atoms with van der Waals surface area (Å²) in [5.74, 6) is 1.89. The Morgan fingerprint density at radius 1 is 0.817 bits per heavy atom. The number of aliphatic hydroxyl groups excluding tert-OH is 1. The van der Waals surface area contributed by atoms with Gasteiger partial charge in [-0.2, -0.15) is 0 Å². The molecule has 3 fully saturated rings. The Labute approximate surface area is 408 Å². The zero-order chi connectivity index (χ0) is 49.2. The first kappa shape index (κ1) is 46.4. The SMILES string of the molecule is O=C1OC(c2ccccc2)C(c2ccccc2)N2C1C(C(=O)Nc1ccc(N3CCOCC3)cc1)C1(C(=O)N(C(=O)OCc3ccc([N+](=O)[O-])cc3)c3ccc(C#CCCO)cc31)C2c1ccc(O)cc1. The number of nitro benzene ring substituents is 1. The molecule has 71 heavy (non-hydrogen) atoms. The lowest BCUT2D eigenvalue weighted by atomic mass is 9.65. The van der Waals surface area contributed by atoms with E-state index in [0.717, 1.165) is 10.6 Å². The van der Waals surface area contributed by atoms with Gasteiger partial charge in [0.2, 0.25) is 11.8 Å². The molecule has 10 rings (SSSR count). The molecule has 16 heteroatoms. The highest BCUT2D eigenvalue weighted by atomic mass is 16.6. The number of benzene rings is 6. The maximum absolute atomic E-state index is 16.5. The summed E-state index contributed by atoms with van der Waals surface area (Å²) in [6, 6.07) is 38.6. The van der Waals surface area contributed by atoms with E-state index in [1.54, 1.807) is 42.5 Å². The van der Waals surface area contributed by atoms with Crippen molar-refractivity contribution in [1.29, 1.82) is 0 Å². The molecule has 0 radical (unpaired) electrons. The maximum atomic E-state index is 16.5. The number of imide groups is 1. The number of phenolic OH excluding ortho intramolecular Hbond substituents is 1. The molecule has 1 spiro atoms. The number of cyclic esters (lactones) is 1. The zero-order valence-electron chi connectivity index (χ0n) is 38.1. The van der Waals surface area contributed by atoms with Gasteiger partial charge in [-0.15, -0.1) is 0 Å². The van der Waals surface area contributed by atoms with Crippen molar-refractivity contribution in [2.75, 3.05) is 48.0 Å². The van der Waals surface area contributed by atoms with Gasteiger partial charge >= 0.3 is 12.1 Å². The van der Waals surface area contributed by atoms with Crippen molar-refractivity contribution in [3.05, 3.63) is 195 Å². The van der Waals surface area contributed by atoms with E-state index in [9.17, 15) is 25.1 Å². The van der Waals surface area contributed by atoms with E-state index in [1.165, 1.54) is 36.4 Å². The molecule has 6 atom stereocenters. The second-order valence-corrected chi connectivity index (χ2v) is 17.6. The first-order chi connectivity index (χ1) is 34.6. The molecule has 4 aliphatic heterocycles. The standard InChI is InChI=1S/C55H47N5O11/c61-30-8-7-9-35-16-27-45-44(33-35)55(53(65)58(45)54(66)70-34-36-14-21-42(22-15-36)60(67)68)46(51(63)56-40-19-23-41(24-20-40)57-28-31-69-32-29-57)48-52(64)71-49(38-12-5-2-6-13-38)47(37-10-3-1-4-11-37)59(48)50(55)39-17-25-43(62)26-18-39/h1-6,10-27,33,46-50,61-62H,8,28-32,34H2,(H,56,63). The molecule has 4 aliphatic rings. The third-order valence-electron chi connectivity index (χ3n) is 13.6. The van der Waals surface area contributed by atoms with Gasteiger partial charge in [-0.3, -0.25) is 29.4 Å². The first-order valence-corrected chi connectivity index (χ1v) is 23.2. The van der Waals surface area contributed by atoms with Crippen LogP contribution in [0.5, 0.6) is 5.75 Å². The molecule has 6 aromatic carbocycles. The van der Waals surface area contributed by atoms with Crippen LogP contribution in [0.3, 0.4) is 0 Å². The number of non-ortho nitro benzene ring substituents is 1. The van der Waals surface area contributed by atoms with Crippen LogP contribution in [0, 0.1) is 27.9 Å². The van der Waals surface area contributed by atoms with Crippen molar-refractivity contribution in [3.8, 4) is 17.6 Å². The fourth-order valence-electron chi connectivity index (χ4n) is 10.6. The molecule has 3 amide bonds. The molecule has 358 valence electrons. The number of fused-ring (bicyclic) bond motifs is 3. The van der Waals surface area contributed by atoms with E-state index < -0.39 is 64.4 Å². The van der Waals surface area contributed by atoms with Crippen LogP contribution in [0.1, 0.15) is 58.0 Å². The summed E-state index contributed by atoms with van der Waals surface area (Å²) >= 11 is 0. The third-order valence-corrected chi connectivity index (χ3v) is 13.6. The van der Waals surface area contributed by atoms with Gasteiger partial charge in [-0.1, -0.05) is 84.6 Å². The molecule has 16 nitrogen and oxygen atoms in total. The van der Waals surface area contributed by atoms with Gasteiger partial charge in [0.05, 0.1) is 48.4 Å². The van der Waals surface area contributed by atoms with Crippen molar-refractivity contribution in [2.24, 2.45) is 5.92 Å². The Morgan fingerprint density at radius 3 is 2.15 bits per heavy atom. The van der Waals surface area contributed by atoms with E-state index in [0.29, 0.717) is 59.8 Å². The lowest BCUT2D eigenvalue weighted by Gasteiger charge is -2.46. The Morgan fingerprint density at radius 2 is 1.49 bits per heavy atom. The van der Waals surface area contributed by atoms with Gasteiger partial charge in [-0.25, -0.2) is 9.69 Å². The maximum Gasteiger partial charge on any atom is 0.421 e. The van der Waals surface area contributed by atoms with Gasteiger partial charge in [0.1, 0.15) is 29.9 Å². The fourth-order valence-corrected chi connectivity index (χ4v) is 10.6. The smallest absolute Gasteiger partial charge is 0.421 e. The van der Waals surface area contributed by atoms with Crippen molar-refractivity contribution < 1.29 is 48.5 Å². The Bertz CT molecular complexity index is 3050.